The fourth-order valence-corrected chi connectivity index (χ4v) is 1.93. The number of nitrogens with zero attached hydrogens (tertiary/aromatic N) is 1. The number of nitrogens with one attached hydrogen (secondary N) is 1. The minimum atomic E-state index is -0.992. The summed E-state index contributed by atoms with van der Waals surface area (Å²) in [5, 5.41) is 12.0. The summed E-state index contributed by atoms with van der Waals surface area (Å²) in [6.45, 7) is 0.872. The smallest absolute Gasteiger partial charge is 0.354 e. The lowest BCUT2D eigenvalue weighted by Crippen LogP contribution is -2.05. The first-order valence-electron chi connectivity index (χ1n) is 5.66. The van der Waals surface area contributed by atoms with Crippen molar-refractivity contribution in [3.8, 4) is 0 Å². The van der Waals surface area contributed by atoms with Crippen molar-refractivity contribution < 1.29 is 9.90 Å². The Balaban J connectivity index is 2.27. The summed E-state index contributed by atoms with van der Waals surface area (Å²) in [6, 6.07) is 3.35. The third-order valence-corrected chi connectivity index (χ3v) is 3.03. The SMILES string of the molecule is CSCCCCCNc1ccnc(C(=O)O)c1. The van der Waals surface area contributed by atoms with Gasteiger partial charge in [-0.15, -0.1) is 0 Å². The summed E-state index contributed by atoms with van der Waals surface area (Å²) in [6.07, 6.45) is 7.16. The van der Waals surface area contributed by atoms with Crippen molar-refractivity contribution in [3.05, 3.63) is 24.0 Å². The zero-order chi connectivity index (χ0) is 12.5. The molecule has 1 rings (SSSR count). The van der Waals surface area contributed by atoms with Crippen LogP contribution in [0.5, 0.6) is 0 Å². The Morgan fingerprint density at radius 2 is 2.29 bits per heavy atom. The Morgan fingerprint density at radius 1 is 1.47 bits per heavy atom. The second kappa shape index (κ2) is 7.95. The lowest BCUT2D eigenvalue weighted by molar-refractivity contribution is 0.0690. The van der Waals surface area contributed by atoms with E-state index < -0.39 is 5.97 Å². The third kappa shape index (κ3) is 5.58. The Hall–Kier alpha value is -1.23. The van der Waals surface area contributed by atoms with Gasteiger partial charge < -0.3 is 10.4 Å². The number of hydrogen-bond acceptors (Lipinski definition) is 4. The molecule has 1 aromatic rings. The van der Waals surface area contributed by atoms with Gasteiger partial charge in [0.05, 0.1) is 0 Å². The molecule has 0 fully saturated rings. The number of thioether (sulfide) groups is 1. The molecule has 94 valence electrons. The Kier molecular flexibility index (Phi) is 6.47. The van der Waals surface area contributed by atoms with Crippen LogP contribution in [0.15, 0.2) is 18.3 Å². The van der Waals surface area contributed by atoms with Gasteiger partial charge in [-0.05, 0) is 37.0 Å². The van der Waals surface area contributed by atoms with E-state index in [1.165, 1.54) is 24.8 Å². The van der Waals surface area contributed by atoms with Crippen LogP contribution in [-0.4, -0.2) is 34.6 Å². The van der Waals surface area contributed by atoms with Crippen LogP contribution in [-0.2, 0) is 0 Å². The second-order valence-corrected chi connectivity index (χ2v) is 4.70. The van der Waals surface area contributed by atoms with E-state index in [1.807, 2.05) is 11.8 Å². The maximum atomic E-state index is 10.7. The van der Waals surface area contributed by atoms with Gasteiger partial charge in [-0.25, -0.2) is 9.78 Å². The molecule has 1 aromatic heterocycles. The van der Waals surface area contributed by atoms with Gasteiger partial charge in [-0.1, -0.05) is 6.42 Å². The van der Waals surface area contributed by atoms with Crippen LogP contribution >= 0.6 is 11.8 Å². The minimum Gasteiger partial charge on any atom is -0.477 e. The normalized spacial score (nSPS) is 10.2. The number of pyridine rings is 1. The molecule has 17 heavy (non-hydrogen) atoms. The zero-order valence-electron chi connectivity index (χ0n) is 9.98. The standard InChI is InChI=1S/C12H18N2O2S/c1-17-8-4-2-3-6-13-10-5-7-14-11(9-10)12(15)16/h5,7,9H,2-4,6,8H2,1H3,(H,13,14)(H,15,16). The average Bonchev–Trinajstić information content (AvgIpc) is 2.34. The highest BCUT2D eigenvalue weighted by Crippen LogP contribution is 2.09. The number of hydrogen-bond donors (Lipinski definition) is 2. The van der Waals surface area contributed by atoms with Gasteiger partial charge in [0.1, 0.15) is 5.69 Å². The molecule has 0 aromatic carbocycles. The quantitative estimate of drug-likeness (QED) is 0.698. The maximum absolute atomic E-state index is 10.7. The van der Waals surface area contributed by atoms with Crippen molar-refractivity contribution in [1.82, 2.24) is 4.98 Å². The summed E-state index contributed by atoms with van der Waals surface area (Å²) in [5.41, 5.74) is 0.902. The highest BCUT2D eigenvalue weighted by atomic mass is 32.2. The van der Waals surface area contributed by atoms with Gasteiger partial charge in [0.2, 0.25) is 0 Å². The van der Waals surface area contributed by atoms with Crippen LogP contribution in [0.3, 0.4) is 0 Å². The number of carboxylic acid groups (broad SMARTS) is 1. The molecule has 0 amide bonds. The van der Waals surface area contributed by atoms with Gasteiger partial charge in [0.25, 0.3) is 0 Å². The highest BCUT2D eigenvalue weighted by Gasteiger charge is 2.04. The molecule has 0 spiro atoms. The maximum Gasteiger partial charge on any atom is 0.354 e. The van der Waals surface area contributed by atoms with Crippen molar-refractivity contribution in [2.75, 3.05) is 23.9 Å². The number of aromatic nitrogens is 1. The third-order valence-electron chi connectivity index (χ3n) is 2.33. The molecule has 0 unspecified atom stereocenters. The fraction of sp³-hybridized carbons (Fsp3) is 0.500. The van der Waals surface area contributed by atoms with Crippen LogP contribution in [0.4, 0.5) is 5.69 Å². The molecule has 5 heteroatoms. The van der Waals surface area contributed by atoms with E-state index in [0.29, 0.717) is 0 Å². The Bertz CT molecular complexity index is 358. The van der Waals surface area contributed by atoms with Crippen LogP contribution in [0, 0.1) is 0 Å². The van der Waals surface area contributed by atoms with Crippen LogP contribution in [0.25, 0.3) is 0 Å². The van der Waals surface area contributed by atoms with Gasteiger partial charge in [-0.3, -0.25) is 0 Å². The lowest BCUT2D eigenvalue weighted by Gasteiger charge is -2.06. The first-order valence-corrected chi connectivity index (χ1v) is 7.05. The molecular formula is C12H18N2O2S. The van der Waals surface area contributed by atoms with Crippen molar-refractivity contribution in [2.45, 2.75) is 19.3 Å². The first-order chi connectivity index (χ1) is 8.24. The van der Waals surface area contributed by atoms with Crippen LogP contribution in [0.1, 0.15) is 29.8 Å². The number of rotatable bonds is 8. The van der Waals surface area contributed by atoms with Crippen molar-refractivity contribution in [3.63, 3.8) is 0 Å². The molecule has 1 heterocycles. The molecule has 0 bridgehead atoms. The number of carbonyl (C=O) groups is 1. The van der Waals surface area contributed by atoms with Crippen molar-refractivity contribution in [2.24, 2.45) is 0 Å². The monoisotopic (exact) mass is 254 g/mol. The number of unbranched alkanes of at least 4 members (excludes halogenated alkanes) is 2. The van der Waals surface area contributed by atoms with Crippen molar-refractivity contribution >= 4 is 23.4 Å². The second-order valence-electron chi connectivity index (χ2n) is 3.72. The number of aromatic carboxylic acids is 1. The molecule has 0 saturated heterocycles. The van der Waals surface area contributed by atoms with Gasteiger partial charge in [0, 0.05) is 18.4 Å². The van der Waals surface area contributed by atoms with Gasteiger partial charge in [0.15, 0.2) is 0 Å². The minimum absolute atomic E-state index is 0.0809. The van der Waals surface area contributed by atoms with E-state index in [9.17, 15) is 4.79 Å². The molecule has 2 N–H and O–H groups in total. The predicted molar refractivity (Wildman–Crippen MR) is 71.9 cm³/mol. The first kappa shape index (κ1) is 13.8. The molecule has 0 aliphatic carbocycles. The van der Waals surface area contributed by atoms with E-state index in [1.54, 1.807) is 12.1 Å². The largest absolute Gasteiger partial charge is 0.477 e. The molecule has 0 radical (unpaired) electrons. The summed E-state index contributed by atoms with van der Waals surface area (Å²) in [4.78, 5) is 14.5. The summed E-state index contributed by atoms with van der Waals surface area (Å²) >= 11 is 1.87. The van der Waals surface area contributed by atoms with E-state index in [2.05, 4.69) is 16.6 Å². The van der Waals surface area contributed by atoms with Crippen molar-refractivity contribution in [1.29, 1.82) is 0 Å². The topological polar surface area (TPSA) is 62.2 Å². The molecule has 0 aliphatic heterocycles. The lowest BCUT2D eigenvalue weighted by atomic mass is 10.2. The molecule has 4 nitrogen and oxygen atoms in total. The summed E-state index contributed by atoms with van der Waals surface area (Å²) in [7, 11) is 0. The average molecular weight is 254 g/mol. The van der Waals surface area contributed by atoms with E-state index in [-0.39, 0.29) is 5.69 Å². The van der Waals surface area contributed by atoms with Crippen LogP contribution in [0.2, 0.25) is 0 Å². The number of anilines is 1. The van der Waals surface area contributed by atoms with E-state index >= 15 is 0 Å². The molecular weight excluding hydrogens is 236 g/mol. The Labute approximate surface area is 106 Å². The highest BCUT2D eigenvalue weighted by molar-refractivity contribution is 7.98. The summed E-state index contributed by atoms with van der Waals surface area (Å²) < 4.78 is 0. The Morgan fingerprint density at radius 3 is 3.00 bits per heavy atom. The van der Waals surface area contributed by atoms with Gasteiger partial charge in [-0.2, -0.15) is 11.8 Å². The number of carboxylic acids is 1. The van der Waals surface area contributed by atoms with E-state index in [0.717, 1.165) is 18.7 Å². The molecule has 0 saturated carbocycles. The van der Waals surface area contributed by atoms with Gasteiger partial charge >= 0.3 is 5.97 Å². The zero-order valence-corrected chi connectivity index (χ0v) is 10.8. The molecule has 0 atom stereocenters. The van der Waals surface area contributed by atoms with E-state index in [4.69, 9.17) is 5.11 Å². The predicted octanol–water partition coefficient (Wildman–Crippen LogP) is 2.73. The summed E-state index contributed by atoms with van der Waals surface area (Å²) in [5.74, 6) is 0.215. The molecule has 0 aliphatic rings. The fourth-order valence-electron chi connectivity index (χ4n) is 1.44. The van der Waals surface area contributed by atoms with Crippen LogP contribution < -0.4 is 5.32 Å².